The Morgan fingerprint density at radius 2 is 1.81 bits per heavy atom. The Hall–Kier alpha value is -3.19. The van der Waals surface area contributed by atoms with Crippen molar-refractivity contribution in [1.82, 2.24) is 14.8 Å². The van der Waals surface area contributed by atoms with Crippen molar-refractivity contribution in [2.24, 2.45) is 0 Å². The Labute approximate surface area is 192 Å². The Bertz CT molecular complexity index is 1200. The van der Waals surface area contributed by atoms with E-state index in [-0.39, 0.29) is 5.91 Å². The molecule has 0 atom stereocenters. The van der Waals surface area contributed by atoms with Crippen molar-refractivity contribution in [2.75, 3.05) is 11.9 Å². The molecule has 0 aliphatic carbocycles. The molecule has 0 fully saturated rings. The van der Waals surface area contributed by atoms with E-state index in [0.717, 1.165) is 46.1 Å². The van der Waals surface area contributed by atoms with Gasteiger partial charge in [-0.1, -0.05) is 31.1 Å². The average Bonchev–Trinajstić information content (AvgIpc) is 3.34. The summed E-state index contributed by atoms with van der Waals surface area (Å²) in [6, 6.07) is 13.3. The van der Waals surface area contributed by atoms with E-state index in [0.29, 0.717) is 18.0 Å². The van der Waals surface area contributed by atoms with Gasteiger partial charge < -0.3 is 10.1 Å². The number of hydrogen-bond acceptors (Lipinski definition) is 5. The Morgan fingerprint density at radius 1 is 1.06 bits per heavy atom. The molecular formula is C25H28N4O2S. The van der Waals surface area contributed by atoms with E-state index in [4.69, 9.17) is 9.72 Å². The number of anilines is 1. The third kappa shape index (κ3) is 4.83. The van der Waals surface area contributed by atoms with Gasteiger partial charge in [0, 0.05) is 11.6 Å². The van der Waals surface area contributed by atoms with Gasteiger partial charge in [-0.05, 0) is 74.7 Å². The number of rotatable bonds is 8. The molecule has 6 nitrogen and oxygen atoms in total. The van der Waals surface area contributed by atoms with Crippen molar-refractivity contribution in [3.63, 3.8) is 0 Å². The lowest BCUT2D eigenvalue weighted by Crippen LogP contribution is -2.15. The zero-order valence-electron chi connectivity index (χ0n) is 18.9. The molecule has 32 heavy (non-hydrogen) atoms. The second-order valence-corrected chi connectivity index (χ2v) is 9.03. The second-order valence-electron chi connectivity index (χ2n) is 8.02. The van der Waals surface area contributed by atoms with Crippen molar-refractivity contribution in [3.05, 3.63) is 64.8 Å². The average molecular weight is 449 g/mol. The van der Waals surface area contributed by atoms with Gasteiger partial charge in [-0.15, -0.1) is 0 Å². The topological polar surface area (TPSA) is 69.0 Å². The number of amides is 1. The van der Waals surface area contributed by atoms with Gasteiger partial charge in [0.25, 0.3) is 5.91 Å². The summed E-state index contributed by atoms with van der Waals surface area (Å²) in [6.07, 6.45) is 3.35. The largest absolute Gasteiger partial charge is 0.494 e. The molecule has 0 saturated carbocycles. The molecule has 166 valence electrons. The zero-order chi connectivity index (χ0) is 22.7. The molecule has 2 heterocycles. The summed E-state index contributed by atoms with van der Waals surface area (Å²) >= 11 is 1.56. The minimum Gasteiger partial charge on any atom is -0.494 e. The molecule has 1 N–H and O–H groups in total. The summed E-state index contributed by atoms with van der Waals surface area (Å²) in [4.78, 5) is 17.6. The zero-order valence-corrected chi connectivity index (χ0v) is 19.8. The highest BCUT2D eigenvalue weighted by atomic mass is 32.1. The lowest BCUT2D eigenvalue weighted by Gasteiger charge is -2.08. The van der Waals surface area contributed by atoms with E-state index in [9.17, 15) is 4.79 Å². The van der Waals surface area contributed by atoms with Crippen LogP contribution in [0.25, 0.3) is 15.3 Å². The van der Waals surface area contributed by atoms with E-state index in [1.165, 1.54) is 11.1 Å². The van der Waals surface area contributed by atoms with Crippen molar-refractivity contribution in [3.8, 4) is 10.9 Å². The van der Waals surface area contributed by atoms with Crippen LogP contribution in [0.3, 0.4) is 0 Å². The van der Waals surface area contributed by atoms with Gasteiger partial charge in [0.1, 0.15) is 11.6 Å². The highest BCUT2D eigenvalue weighted by Gasteiger charge is 2.16. The van der Waals surface area contributed by atoms with Crippen LogP contribution in [0.4, 0.5) is 5.82 Å². The van der Waals surface area contributed by atoms with Gasteiger partial charge in [0.05, 0.1) is 22.5 Å². The van der Waals surface area contributed by atoms with Crippen LogP contribution in [0.2, 0.25) is 0 Å². The van der Waals surface area contributed by atoms with Crippen molar-refractivity contribution in [2.45, 2.75) is 47.0 Å². The van der Waals surface area contributed by atoms with Crippen LogP contribution in [-0.4, -0.2) is 27.3 Å². The first kappa shape index (κ1) is 22.0. The quantitative estimate of drug-likeness (QED) is 0.325. The lowest BCUT2D eigenvalue weighted by atomic mass is 10.1. The minimum absolute atomic E-state index is 0.198. The van der Waals surface area contributed by atoms with Gasteiger partial charge in [0.2, 0.25) is 5.13 Å². The Kier molecular flexibility index (Phi) is 6.55. The van der Waals surface area contributed by atoms with Crippen LogP contribution in [-0.2, 0) is 0 Å². The van der Waals surface area contributed by atoms with Crippen LogP contribution >= 0.6 is 11.3 Å². The molecule has 4 aromatic rings. The first-order valence-corrected chi connectivity index (χ1v) is 11.8. The maximum absolute atomic E-state index is 12.9. The fourth-order valence-corrected chi connectivity index (χ4v) is 4.44. The number of aromatic nitrogens is 3. The molecule has 2 aromatic carbocycles. The highest BCUT2D eigenvalue weighted by molar-refractivity contribution is 7.20. The number of nitrogens with zero attached hydrogens (tertiary/aromatic N) is 3. The summed E-state index contributed by atoms with van der Waals surface area (Å²) in [6.45, 7) is 8.94. The fraction of sp³-hybridized carbons (Fsp3) is 0.320. The molecular weight excluding hydrogens is 420 g/mol. The van der Waals surface area contributed by atoms with Crippen LogP contribution in [0.5, 0.6) is 5.75 Å². The number of aryl methyl sites for hydroxylation is 3. The number of unbranched alkanes of at least 4 members (excludes halogenated alkanes) is 2. The number of ether oxygens (including phenoxy) is 1. The van der Waals surface area contributed by atoms with E-state index in [1.54, 1.807) is 28.2 Å². The summed E-state index contributed by atoms with van der Waals surface area (Å²) in [7, 11) is 0. The molecule has 0 unspecified atom stereocenters. The molecule has 2 aromatic heterocycles. The van der Waals surface area contributed by atoms with E-state index < -0.39 is 0 Å². The number of hydrogen-bond donors (Lipinski definition) is 1. The number of benzene rings is 2. The third-order valence-corrected chi connectivity index (χ3v) is 6.37. The maximum Gasteiger partial charge on any atom is 0.256 e. The van der Waals surface area contributed by atoms with Crippen LogP contribution in [0.1, 0.15) is 53.4 Å². The number of fused-ring (bicyclic) bond motifs is 1. The first-order chi connectivity index (χ1) is 15.4. The van der Waals surface area contributed by atoms with Crippen LogP contribution in [0.15, 0.2) is 42.5 Å². The van der Waals surface area contributed by atoms with Gasteiger partial charge in [-0.2, -0.15) is 9.78 Å². The van der Waals surface area contributed by atoms with Gasteiger partial charge in [-0.3, -0.25) is 4.79 Å². The normalized spacial score (nSPS) is 11.1. The van der Waals surface area contributed by atoms with Crippen molar-refractivity contribution >= 4 is 33.3 Å². The Balaban J connectivity index is 1.51. The summed E-state index contributed by atoms with van der Waals surface area (Å²) in [5.74, 6) is 1.18. The van der Waals surface area contributed by atoms with Gasteiger partial charge >= 0.3 is 0 Å². The van der Waals surface area contributed by atoms with Crippen LogP contribution in [0, 0.1) is 20.8 Å². The summed E-state index contributed by atoms with van der Waals surface area (Å²) < 4.78 is 8.54. The highest BCUT2D eigenvalue weighted by Crippen LogP contribution is 2.29. The molecule has 4 rings (SSSR count). The molecule has 0 radical (unpaired) electrons. The van der Waals surface area contributed by atoms with Crippen molar-refractivity contribution in [1.29, 1.82) is 0 Å². The molecule has 7 heteroatoms. The molecule has 0 bridgehead atoms. The van der Waals surface area contributed by atoms with E-state index in [1.807, 2.05) is 25.1 Å². The molecule has 0 aliphatic heterocycles. The van der Waals surface area contributed by atoms with Gasteiger partial charge in [-0.25, -0.2) is 4.98 Å². The Morgan fingerprint density at radius 3 is 2.56 bits per heavy atom. The predicted octanol–water partition coefficient (Wildman–Crippen LogP) is 6.23. The monoisotopic (exact) mass is 448 g/mol. The lowest BCUT2D eigenvalue weighted by molar-refractivity contribution is 0.102. The fourth-order valence-electron chi connectivity index (χ4n) is 3.43. The number of thiazole rings is 1. The summed E-state index contributed by atoms with van der Waals surface area (Å²) in [5.41, 5.74) is 4.75. The predicted molar refractivity (Wildman–Crippen MR) is 130 cm³/mol. The number of nitrogens with one attached hydrogen (secondary N) is 1. The van der Waals surface area contributed by atoms with Gasteiger partial charge in [0.15, 0.2) is 0 Å². The number of carbonyl (C=O) groups excluding carboxylic acids is 1. The standard InChI is InChI=1S/C25H28N4O2S/c1-5-6-7-12-31-20-10-8-19(9-11-20)24(30)27-23-15-18(4)28-29(23)25-26-21-13-16(2)17(3)14-22(21)32-25/h8-11,13-15H,5-7,12H2,1-4H3,(H,27,30). The molecule has 0 saturated heterocycles. The van der Waals surface area contributed by atoms with Crippen molar-refractivity contribution < 1.29 is 9.53 Å². The van der Waals surface area contributed by atoms with E-state index in [2.05, 4.69) is 43.3 Å². The summed E-state index contributed by atoms with van der Waals surface area (Å²) in [5, 5.41) is 8.27. The molecule has 1 amide bonds. The molecule has 0 aliphatic rings. The maximum atomic E-state index is 12.9. The van der Waals surface area contributed by atoms with E-state index >= 15 is 0 Å². The smallest absolute Gasteiger partial charge is 0.256 e. The third-order valence-electron chi connectivity index (χ3n) is 5.38. The minimum atomic E-state index is -0.198. The molecule has 0 spiro atoms. The van der Waals surface area contributed by atoms with Crippen LogP contribution < -0.4 is 10.1 Å². The first-order valence-electron chi connectivity index (χ1n) is 10.9. The number of carbonyl (C=O) groups is 1. The SMILES string of the molecule is CCCCCOc1ccc(C(=O)Nc2cc(C)nn2-c2nc3cc(C)c(C)cc3s2)cc1. The second kappa shape index (κ2) is 9.53.